The predicted molar refractivity (Wildman–Crippen MR) is 77.3 cm³/mol. The van der Waals surface area contributed by atoms with Crippen molar-refractivity contribution in [3.63, 3.8) is 0 Å². The molecular weight excluding hydrogens is 298 g/mol. The van der Waals surface area contributed by atoms with Crippen molar-refractivity contribution in [1.82, 2.24) is 10.2 Å². The van der Waals surface area contributed by atoms with Crippen molar-refractivity contribution < 1.29 is 23.9 Å². The number of thiol groups is 1. The number of urea groups is 1. The van der Waals surface area contributed by atoms with Gasteiger partial charge in [-0.3, -0.25) is 5.32 Å². The average molecular weight is 315 g/mol. The Balaban J connectivity index is 2.58. The van der Waals surface area contributed by atoms with Gasteiger partial charge < -0.3 is 20.1 Å². The number of carbonyl (C=O) groups excluding carboxylic acids is 3. The number of rotatable bonds is 6. The molecule has 0 saturated carbocycles. The molecule has 9 heteroatoms. The number of primary amides is 1. The second-order valence-corrected chi connectivity index (χ2v) is 5.02. The SMILES string of the molecule is C=CCOC(=O)N1C[C@@H](S)C[C@H]1COC(=C=O)NC(N)=O. The number of likely N-dealkylation sites (tertiary alicyclic amines) is 1. The summed E-state index contributed by atoms with van der Waals surface area (Å²) in [5, 5.41) is 1.96. The van der Waals surface area contributed by atoms with Crippen molar-refractivity contribution in [3.05, 3.63) is 18.5 Å². The standard InChI is InChI=1S/C12H17N3O5S/c1-2-3-19-12(18)15-5-9(21)4-8(15)7-20-10(6-16)14-11(13)17/h2,8-9,21H,1,3-5,7H2,(H3,13,14,17)/t8-,9-/m0/s1. The number of ether oxygens (including phenoxy) is 2. The van der Waals surface area contributed by atoms with E-state index in [1.165, 1.54) is 16.9 Å². The number of hydrogen-bond acceptors (Lipinski definition) is 6. The van der Waals surface area contributed by atoms with E-state index in [0.29, 0.717) is 13.0 Å². The molecule has 0 aromatic heterocycles. The van der Waals surface area contributed by atoms with E-state index >= 15 is 0 Å². The van der Waals surface area contributed by atoms with E-state index in [1.807, 2.05) is 5.32 Å². The number of hydrogen-bond donors (Lipinski definition) is 3. The molecule has 21 heavy (non-hydrogen) atoms. The van der Waals surface area contributed by atoms with Crippen LogP contribution in [0.5, 0.6) is 0 Å². The van der Waals surface area contributed by atoms with E-state index in [-0.39, 0.29) is 24.5 Å². The van der Waals surface area contributed by atoms with Crippen LogP contribution in [-0.2, 0) is 14.3 Å². The van der Waals surface area contributed by atoms with E-state index in [1.54, 1.807) is 0 Å². The summed E-state index contributed by atoms with van der Waals surface area (Å²) in [7, 11) is 0. The smallest absolute Gasteiger partial charge is 0.410 e. The van der Waals surface area contributed by atoms with Gasteiger partial charge in [0.15, 0.2) is 5.94 Å². The number of nitrogens with one attached hydrogen (secondary N) is 1. The van der Waals surface area contributed by atoms with Crippen LogP contribution in [0.25, 0.3) is 0 Å². The molecule has 3 amide bonds. The number of nitrogens with two attached hydrogens (primary N) is 1. The van der Waals surface area contributed by atoms with Crippen LogP contribution in [0.1, 0.15) is 6.42 Å². The van der Waals surface area contributed by atoms with Crippen LogP contribution < -0.4 is 11.1 Å². The molecule has 8 nitrogen and oxygen atoms in total. The molecule has 0 radical (unpaired) electrons. The molecule has 0 aromatic carbocycles. The Morgan fingerprint density at radius 2 is 2.24 bits per heavy atom. The van der Waals surface area contributed by atoms with E-state index in [9.17, 15) is 14.4 Å². The molecular formula is C12H17N3O5S. The first-order valence-electron chi connectivity index (χ1n) is 6.14. The molecule has 1 aliphatic rings. The monoisotopic (exact) mass is 315 g/mol. The van der Waals surface area contributed by atoms with Gasteiger partial charge in [0.2, 0.25) is 0 Å². The fraction of sp³-hybridized carbons (Fsp3) is 0.500. The average Bonchev–Trinajstić information content (AvgIpc) is 2.81. The zero-order valence-electron chi connectivity index (χ0n) is 11.3. The second-order valence-electron chi connectivity index (χ2n) is 4.29. The minimum atomic E-state index is -0.936. The fourth-order valence-electron chi connectivity index (χ4n) is 1.87. The molecule has 0 bridgehead atoms. The molecule has 0 aromatic rings. The second kappa shape index (κ2) is 8.23. The molecule has 0 aliphatic carbocycles. The third-order valence-electron chi connectivity index (χ3n) is 2.70. The Morgan fingerprint density at radius 1 is 1.52 bits per heavy atom. The predicted octanol–water partition coefficient (Wildman–Crippen LogP) is 0.0396. The highest BCUT2D eigenvalue weighted by Crippen LogP contribution is 2.23. The Morgan fingerprint density at radius 3 is 2.81 bits per heavy atom. The van der Waals surface area contributed by atoms with Crippen molar-refractivity contribution in [1.29, 1.82) is 0 Å². The highest BCUT2D eigenvalue weighted by atomic mass is 32.1. The zero-order chi connectivity index (χ0) is 15.8. The van der Waals surface area contributed by atoms with Gasteiger partial charge in [0, 0.05) is 11.8 Å². The lowest BCUT2D eigenvalue weighted by Crippen LogP contribution is -2.40. The maximum atomic E-state index is 11.8. The van der Waals surface area contributed by atoms with Gasteiger partial charge in [-0.1, -0.05) is 12.7 Å². The van der Waals surface area contributed by atoms with Crippen LogP contribution in [0.4, 0.5) is 9.59 Å². The first-order chi connectivity index (χ1) is 9.97. The van der Waals surface area contributed by atoms with Gasteiger partial charge in [-0.15, -0.1) is 0 Å². The molecule has 116 valence electrons. The molecule has 1 rings (SSSR count). The van der Waals surface area contributed by atoms with Crippen LogP contribution in [0, 0.1) is 0 Å². The molecule has 1 fully saturated rings. The summed E-state index contributed by atoms with van der Waals surface area (Å²) in [5.74, 6) is 0.986. The van der Waals surface area contributed by atoms with Crippen molar-refractivity contribution in [2.75, 3.05) is 19.8 Å². The van der Waals surface area contributed by atoms with Crippen LogP contribution in [0.15, 0.2) is 18.5 Å². The normalized spacial score (nSPS) is 20.3. The Bertz CT molecular complexity index is 464. The summed E-state index contributed by atoms with van der Waals surface area (Å²) in [4.78, 5) is 34.5. The molecule has 0 spiro atoms. The Labute approximate surface area is 127 Å². The lowest BCUT2D eigenvalue weighted by molar-refractivity contribution is 0.0817. The van der Waals surface area contributed by atoms with E-state index < -0.39 is 18.0 Å². The molecule has 0 unspecified atom stereocenters. The number of amides is 3. The van der Waals surface area contributed by atoms with Gasteiger partial charge in [-0.2, -0.15) is 12.6 Å². The fourth-order valence-corrected chi connectivity index (χ4v) is 2.29. The van der Waals surface area contributed by atoms with Crippen molar-refractivity contribution >= 4 is 30.7 Å². The summed E-state index contributed by atoms with van der Waals surface area (Å²) >= 11 is 4.32. The first kappa shape index (κ1) is 16.9. The van der Waals surface area contributed by atoms with E-state index in [0.717, 1.165) is 0 Å². The number of carbonyl (C=O) groups is 2. The molecule has 2 atom stereocenters. The van der Waals surface area contributed by atoms with Crippen LogP contribution in [-0.4, -0.2) is 54.0 Å². The summed E-state index contributed by atoms with van der Waals surface area (Å²) < 4.78 is 10.1. The minimum Gasteiger partial charge on any atom is -0.469 e. The zero-order valence-corrected chi connectivity index (χ0v) is 12.2. The topological polar surface area (TPSA) is 111 Å². The van der Waals surface area contributed by atoms with Crippen molar-refractivity contribution in [3.8, 4) is 0 Å². The quantitative estimate of drug-likeness (QED) is 0.277. The molecule has 1 heterocycles. The molecule has 1 saturated heterocycles. The van der Waals surface area contributed by atoms with Crippen LogP contribution in [0.3, 0.4) is 0 Å². The van der Waals surface area contributed by atoms with Crippen molar-refractivity contribution in [2.24, 2.45) is 5.73 Å². The number of nitrogens with zero attached hydrogens (tertiary/aromatic N) is 1. The highest BCUT2D eigenvalue weighted by molar-refractivity contribution is 7.81. The third kappa shape index (κ3) is 5.41. The third-order valence-corrected chi connectivity index (χ3v) is 3.08. The van der Waals surface area contributed by atoms with E-state index in [4.69, 9.17) is 15.2 Å². The lowest BCUT2D eigenvalue weighted by Gasteiger charge is -2.23. The molecule has 3 N–H and O–H groups in total. The maximum Gasteiger partial charge on any atom is 0.410 e. The Hall–Kier alpha value is -2.12. The van der Waals surface area contributed by atoms with Gasteiger partial charge in [-0.05, 0) is 6.42 Å². The summed E-state index contributed by atoms with van der Waals surface area (Å²) in [6, 6.07) is -1.27. The summed E-state index contributed by atoms with van der Waals surface area (Å²) in [6.07, 6.45) is 1.51. The Kier molecular flexibility index (Phi) is 6.64. The largest absolute Gasteiger partial charge is 0.469 e. The van der Waals surface area contributed by atoms with Crippen molar-refractivity contribution in [2.45, 2.75) is 17.7 Å². The maximum absolute atomic E-state index is 11.8. The van der Waals surface area contributed by atoms with Gasteiger partial charge >= 0.3 is 12.1 Å². The first-order valence-corrected chi connectivity index (χ1v) is 6.66. The van der Waals surface area contributed by atoms with E-state index in [2.05, 4.69) is 19.2 Å². The van der Waals surface area contributed by atoms with Gasteiger partial charge in [0.05, 0.1) is 6.04 Å². The van der Waals surface area contributed by atoms with Crippen LogP contribution >= 0.6 is 12.6 Å². The van der Waals surface area contributed by atoms with Gasteiger partial charge in [0.1, 0.15) is 13.2 Å². The van der Waals surface area contributed by atoms with Crippen LogP contribution in [0.2, 0.25) is 0 Å². The summed E-state index contributed by atoms with van der Waals surface area (Å²) in [5.41, 5.74) is 4.87. The van der Waals surface area contributed by atoms with Gasteiger partial charge in [-0.25, -0.2) is 14.4 Å². The highest BCUT2D eigenvalue weighted by Gasteiger charge is 2.35. The minimum absolute atomic E-state index is 0.00883. The van der Waals surface area contributed by atoms with Gasteiger partial charge in [0.25, 0.3) is 5.88 Å². The summed E-state index contributed by atoms with van der Waals surface area (Å²) in [6.45, 7) is 3.95. The lowest BCUT2D eigenvalue weighted by atomic mass is 10.2. The molecule has 1 aliphatic heterocycles.